The molecule has 0 saturated carbocycles. The third-order valence-electron chi connectivity index (χ3n) is 2.79. The number of aryl methyl sites for hydroxylation is 1. The molecule has 0 aliphatic rings. The van der Waals surface area contributed by atoms with Gasteiger partial charge in [0.25, 0.3) is 10.0 Å². The summed E-state index contributed by atoms with van der Waals surface area (Å²) in [5.41, 5.74) is 0.891. The van der Waals surface area contributed by atoms with Gasteiger partial charge >= 0.3 is 0 Å². The summed E-state index contributed by atoms with van der Waals surface area (Å²) >= 11 is 13.4. The van der Waals surface area contributed by atoms with Crippen molar-refractivity contribution >= 4 is 50.2 Å². The first-order valence-electron chi connectivity index (χ1n) is 6.05. The van der Waals surface area contributed by atoms with Crippen molar-refractivity contribution in [3.05, 3.63) is 44.1 Å². The normalized spacial score (nSPS) is 11.6. The van der Waals surface area contributed by atoms with E-state index in [0.29, 0.717) is 12.1 Å². The monoisotopic (exact) mass is 364 g/mol. The van der Waals surface area contributed by atoms with Crippen LogP contribution in [0.3, 0.4) is 0 Å². The summed E-state index contributed by atoms with van der Waals surface area (Å²) in [5, 5.41) is 5.29. The molecule has 1 aromatic heterocycles. The lowest BCUT2D eigenvalue weighted by atomic mass is 10.3. The molecule has 0 fully saturated rings. The lowest BCUT2D eigenvalue weighted by Crippen LogP contribution is -2.17. The Kier molecular flexibility index (Phi) is 5.16. The van der Waals surface area contributed by atoms with Gasteiger partial charge in [0, 0.05) is 11.4 Å². The average Bonchev–Trinajstić information content (AvgIpc) is 2.77. The van der Waals surface area contributed by atoms with E-state index in [1.165, 1.54) is 11.3 Å². The van der Waals surface area contributed by atoms with Gasteiger partial charge < -0.3 is 5.32 Å². The van der Waals surface area contributed by atoms with Crippen LogP contribution in [0.4, 0.5) is 5.69 Å². The van der Waals surface area contributed by atoms with Crippen LogP contribution < -0.4 is 10.0 Å². The fraction of sp³-hybridized carbons (Fsp3) is 0.231. The highest BCUT2D eigenvalue weighted by Crippen LogP contribution is 2.34. The number of hydrogen-bond donors (Lipinski definition) is 2. The molecule has 0 amide bonds. The average molecular weight is 365 g/mol. The van der Waals surface area contributed by atoms with Gasteiger partial charge in [0.1, 0.15) is 4.90 Å². The van der Waals surface area contributed by atoms with Crippen molar-refractivity contribution in [3.63, 3.8) is 0 Å². The van der Waals surface area contributed by atoms with E-state index in [-0.39, 0.29) is 20.6 Å². The Labute approximate surface area is 138 Å². The fourth-order valence-electron chi connectivity index (χ4n) is 1.91. The molecule has 0 unspecified atom stereocenters. The van der Waals surface area contributed by atoms with Crippen LogP contribution in [0.15, 0.2) is 28.5 Å². The number of rotatable bonds is 5. The third kappa shape index (κ3) is 3.52. The van der Waals surface area contributed by atoms with Gasteiger partial charge in [-0.1, -0.05) is 29.3 Å². The van der Waals surface area contributed by atoms with Gasteiger partial charge in [0.2, 0.25) is 0 Å². The van der Waals surface area contributed by atoms with Crippen LogP contribution in [-0.2, 0) is 16.6 Å². The van der Waals surface area contributed by atoms with Crippen molar-refractivity contribution in [3.8, 4) is 0 Å². The molecule has 0 radical (unpaired) electrons. The number of sulfonamides is 1. The zero-order valence-electron chi connectivity index (χ0n) is 11.4. The first-order chi connectivity index (χ1) is 9.86. The maximum atomic E-state index is 12.6. The number of hydrogen-bond acceptors (Lipinski definition) is 4. The van der Waals surface area contributed by atoms with Crippen molar-refractivity contribution < 1.29 is 8.42 Å². The highest BCUT2D eigenvalue weighted by Gasteiger charge is 2.24. The van der Waals surface area contributed by atoms with Crippen LogP contribution in [0.2, 0.25) is 10.0 Å². The first kappa shape index (κ1) is 16.6. The second kappa shape index (κ2) is 6.54. The van der Waals surface area contributed by atoms with Crippen LogP contribution in [0.5, 0.6) is 0 Å². The quantitative estimate of drug-likeness (QED) is 0.845. The van der Waals surface area contributed by atoms with Gasteiger partial charge in [-0.05, 0) is 37.0 Å². The van der Waals surface area contributed by atoms with E-state index in [1.54, 1.807) is 32.2 Å². The van der Waals surface area contributed by atoms with E-state index in [2.05, 4.69) is 10.0 Å². The Hall–Kier alpha value is -0.790. The topological polar surface area (TPSA) is 58.2 Å². The fourth-order valence-corrected chi connectivity index (χ4v) is 5.44. The predicted octanol–water partition coefficient (Wildman–Crippen LogP) is 3.88. The zero-order chi connectivity index (χ0) is 15.6. The van der Waals surface area contributed by atoms with Crippen LogP contribution in [-0.4, -0.2) is 15.5 Å². The maximum Gasteiger partial charge on any atom is 0.263 e. The van der Waals surface area contributed by atoms with Gasteiger partial charge in [-0.3, -0.25) is 4.72 Å². The number of anilines is 1. The molecule has 8 heteroatoms. The summed E-state index contributed by atoms with van der Waals surface area (Å²) in [4.78, 5) is 1.02. The molecular formula is C13H14Cl2N2O2S2. The second-order valence-corrected chi connectivity index (χ2v) is 7.80. The molecule has 0 spiro atoms. The molecular weight excluding hydrogens is 351 g/mol. The summed E-state index contributed by atoms with van der Waals surface area (Å²) in [5.74, 6) is 0. The number of nitrogens with one attached hydrogen (secondary N) is 2. The van der Waals surface area contributed by atoms with Crippen LogP contribution in [0, 0.1) is 6.92 Å². The van der Waals surface area contributed by atoms with Gasteiger partial charge in [-0.15, -0.1) is 11.3 Å². The minimum atomic E-state index is -3.75. The molecule has 4 nitrogen and oxygen atoms in total. The van der Waals surface area contributed by atoms with Crippen LogP contribution in [0.25, 0.3) is 0 Å². The minimum Gasteiger partial charge on any atom is -0.315 e. The Bertz CT molecular complexity index is 737. The lowest BCUT2D eigenvalue weighted by molar-refractivity contribution is 0.599. The van der Waals surface area contributed by atoms with E-state index in [1.807, 2.05) is 5.38 Å². The Morgan fingerprint density at radius 3 is 2.43 bits per heavy atom. The van der Waals surface area contributed by atoms with Crippen LogP contribution >= 0.6 is 34.5 Å². The first-order valence-corrected chi connectivity index (χ1v) is 9.17. The highest BCUT2D eigenvalue weighted by atomic mass is 35.5. The molecule has 2 rings (SSSR count). The summed E-state index contributed by atoms with van der Waals surface area (Å²) in [6, 6.07) is 4.82. The van der Waals surface area contributed by atoms with E-state index in [0.717, 1.165) is 4.88 Å². The number of halogens is 2. The minimum absolute atomic E-state index is 0.196. The largest absolute Gasteiger partial charge is 0.315 e. The maximum absolute atomic E-state index is 12.6. The summed E-state index contributed by atoms with van der Waals surface area (Å²) in [7, 11) is -1.98. The van der Waals surface area contributed by atoms with E-state index < -0.39 is 10.0 Å². The van der Waals surface area contributed by atoms with Crippen molar-refractivity contribution in [1.29, 1.82) is 0 Å². The van der Waals surface area contributed by atoms with Crippen molar-refractivity contribution in [2.75, 3.05) is 11.8 Å². The molecule has 1 aromatic carbocycles. The van der Waals surface area contributed by atoms with Gasteiger partial charge in [-0.2, -0.15) is 0 Å². The molecule has 114 valence electrons. The van der Waals surface area contributed by atoms with Crippen molar-refractivity contribution in [2.45, 2.75) is 18.4 Å². The van der Waals surface area contributed by atoms with Gasteiger partial charge in [0.05, 0.1) is 15.7 Å². The van der Waals surface area contributed by atoms with Crippen LogP contribution in [0.1, 0.15) is 10.4 Å². The van der Waals surface area contributed by atoms with Gasteiger partial charge in [0.15, 0.2) is 0 Å². The van der Waals surface area contributed by atoms with E-state index >= 15 is 0 Å². The molecule has 2 aromatic rings. The molecule has 0 atom stereocenters. The molecule has 0 saturated heterocycles. The molecule has 21 heavy (non-hydrogen) atoms. The smallest absolute Gasteiger partial charge is 0.263 e. The van der Waals surface area contributed by atoms with Crippen molar-refractivity contribution in [1.82, 2.24) is 5.32 Å². The number of benzene rings is 1. The van der Waals surface area contributed by atoms with E-state index in [9.17, 15) is 8.42 Å². The molecule has 0 aliphatic carbocycles. The Morgan fingerprint density at radius 2 is 1.86 bits per heavy atom. The number of para-hydroxylation sites is 1. The van der Waals surface area contributed by atoms with Crippen molar-refractivity contribution in [2.24, 2.45) is 0 Å². The standard InChI is InChI=1S/C13H14Cl2N2O2S2/c1-8-7-20-11(6-16-2)13(8)21(18,19)17-12-9(14)4-3-5-10(12)15/h3-5,7,16-17H,6H2,1-2H3. The van der Waals surface area contributed by atoms with Gasteiger partial charge in [-0.25, -0.2) is 8.42 Å². The van der Waals surface area contributed by atoms with E-state index in [4.69, 9.17) is 23.2 Å². The lowest BCUT2D eigenvalue weighted by Gasteiger charge is -2.12. The molecule has 0 aliphatic heterocycles. The summed E-state index contributed by atoms with van der Waals surface area (Å²) in [6.07, 6.45) is 0. The zero-order valence-corrected chi connectivity index (χ0v) is 14.6. The summed E-state index contributed by atoms with van der Waals surface area (Å²) in [6.45, 7) is 2.24. The Morgan fingerprint density at radius 1 is 1.24 bits per heavy atom. The SMILES string of the molecule is CNCc1scc(C)c1S(=O)(=O)Nc1c(Cl)cccc1Cl. The molecule has 1 heterocycles. The summed E-state index contributed by atoms with van der Waals surface area (Å²) < 4.78 is 27.8. The number of thiophene rings is 1. The third-order valence-corrected chi connectivity index (χ3v) is 6.24. The highest BCUT2D eigenvalue weighted by molar-refractivity contribution is 7.93. The predicted molar refractivity (Wildman–Crippen MR) is 89.1 cm³/mol. The second-order valence-electron chi connectivity index (χ2n) is 4.40. The molecule has 2 N–H and O–H groups in total. The molecule has 0 bridgehead atoms. The Balaban J connectivity index is 2.46.